The summed E-state index contributed by atoms with van der Waals surface area (Å²) in [6, 6.07) is 4.15. The van der Waals surface area contributed by atoms with Crippen LogP contribution in [0.5, 0.6) is 0 Å². The van der Waals surface area contributed by atoms with Crippen LogP contribution in [0.3, 0.4) is 0 Å². The second-order valence-electron chi connectivity index (χ2n) is 4.70. The number of aromatic nitrogens is 2. The summed E-state index contributed by atoms with van der Waals surface area (Å²) in [6.07, 6.45) is 2.34. The number of nitrogens with one attached hydrogen (secondary N) is 2. The summed E-state index contributed by atoms with van der Waals surface area (Å²) in [7, 11) is 0. The first-order valence-electron chi connectivity index (χ1n) is 6.76. The number of carbonyl (C=O) groups excluding carboxylic acids is 1. The van der Waals surface area contributed by atoms with Crippen LogP contribution in [0.15, 0.2) is 23.0 Å². The number of rotatable bonds is 6. The summed E-state index contributed by atoms with van der Waals surface area (Å²) < 4.78 is 14.6. The van der Waals surface area contributed by atoms with Crippen molar-refractivity contribution in [2.45, 2.75) is 32.7 Å². The van der Waals surface area contributed by atoms with Crippen LogP contribution in [-0.2, 0) is 11.3 Å². The summed E-state index contributed by atoms with van der Waals surface area (Å²) in [4.78, 5) is 25.8. The molecular formula is C14H18FN3O2. The molecule has 1 heterocycles. The Hall–Kier alpha value is -2.11. The average molecular weight is 279 g/mol. The number of nitrogens with zero attached hydrogens (tertiary/aromatic N) is 1. The minimum Gasteiger partial charge on any atom is -0.354 e. The first-order valence-corrected chi connectivity index (χ1v) is 6.76. The molecule has 20 heavy (non-hydrogen) atoms. The molecule has 0 saturated heterocycles. The van der Waals surface area contributed by atoms with E-state index in [2.05, 4.69) is 10.3 Å². The fraction of sp³-hybridized carbons (Fsp3) is 0.429. The van der Waals surface area contributed by atoms with Gasteiger partial charge in [-0.2, -0.15) is 0 Å². The number of halogens is 1. The number of hydrogen-bond donors (Lipinski definition) is 2. The first kappa shape index (κ1) is 14.3. The maximum absolute atomic E-state index is 13.1. The number of fused-ring (bicyclic) bond motifs is 1. The lowest BCUT2D eigenvalue weighted by molar-refractivity contribution is -0.121. The van der Waals surface area contributed by atoms with E-state index >= 15 is 0 Å². The number of hydrogen-bond acceptors (Lipinski definition) is 2. The molecule has 0 atom stereocenters. The standard InChI is InChI=1S/C14H18FN3O2/c1-2-3-4-13(19)16-7-8-18-12-6-5-10(15)9-11(12)17-14(18)20/h5-6,9H,2-4,7-8H2,1H3,(H,16,19)(H,17,20). The molecule has 2 aromatic rings. The molecule has 0 unspecified atom stereocenters. The van der Waals surface area contributed by atoms with Crippen LogP contribution in [0.4, 0.5) is 4.39 Å². The van der Waals surface area contributed by atoms with Crippen molar-refractivity contribution < 1.29 is 9.18 Å². The van der Waals surface area contributed by atoms with E-state index in [4.69, 9.17) is 0 Å². The van der Waals surface area contributed by atoms with Crippen LogP contribution < -0.4 is 11.0 Å². The molecule has 0 fully saturated rings. The predicted octanol–water partition coefficient (Wildman–Crippen LogP) is 1.78. The fourth-order valence-electron chi connectivity index (χ4n) is 2.09. The Labute approximate surface area is 115 Å². The van der Waals surface area contributed by atoms with Crippen LogP contribution >= 0.6 is 0 Å². The van der Waals surface area contributed by atoms with Crippen LogP contribution in [0.25, 0.3) is 11.0 Å². The summed E-state index contributed by atoms with van der Waals surface area (Å²) in [5.41, 5.74) is 0.805. The van der Waals surface area contributed by atoms with Gasteiger partial charge in [-0.05, 0) is 24.6 Å². The Morgan fingerprint density at radius 1 is 1.45 bits per heavy atom. The minimum atomic E-state index is -0.390. The molecule has 0 radical (unpaired) electrons. The predicted molar refractivity (Wildman–Crippen MR) is 75.1 cm³/mol. The molecule has 0 aliphatic carbocycles. The van der Waals surface area contributed by atoms with E-state index in [1.54, 1.807) is 6.07 Å². The second kappa shape index (κ2) is 6.36. The van der Waals surface area contributed by atoms with Crippen molar-refractivity contribution in [3.63, 3.8) is 0 Å². The van der Waals surface area contributed by atoms with Gasteiger partial charge in [0.05, 0.1) is 11.0 Å². The quantitative estimate of drug-likeness (QED) is 0.846. The number of carbonyl (C=O) groups is 1. The van der Waals surface area contributed by atoms with Crippen molar-refractivity contribution in [2.24, 2.45) is 0 Å². The number of unbranched alkanes of at least 4 members (excludes halogenated alkanes) is 1. The Kier molecular flexibility index (Phi) is 4.55. The molecule has 1 aromatic carbocycles. The molecule has 0 spiro atoms. The van der Waals surface area contributed by atoms with Gasteiger partial charge in [0.2, 0.25) is 5.91 Å². The van der Waals surface area contributed by atoms with Gasteiger partial charge in [0.1, 0.15) is 5.82 Å². The molecular weight excluding hydrogens is 261 g/mol. The van der Waals surface area contributed by atoms with E-state index in [9.17, 15) is 14.0 Å². The Morgan fingerprint density at radius 3 is 3.00 bits per heavy atom. The zero-order valence-corrected chi connectivity index (χ0v) is 11.4. The lowest BCUT2D eigenvalue weighted by Gasteiger charge is -2.06. The molecule has 1 amide bonds. The SMILES string of the molecule is CCCCC(=O)NCCn1c(=O)[nH]c2cc(F)ccc21. The minimum absolute atomic E-state index is 0.00853. The Morgan fingerprint density at radius 2 is 2.25 bits per heavy atom. The van der Waals surface area contributed by atoms with E-state index in [0.29, 0.717) is 30.5 Å². The smallest absolute Gasteiger partial charge is 0.326 e. The average Bonchev–Trinajstić information content (AvgIpc) is 2.72. The topological polar surface area (TPSA) is 66.9 Å². The van der Waals surface area contributed by atoms with Crippen molar-refractivity contribution in [1.29, 1.82) is 0 Å². The molecule has 0 aliphatic rings. The van der Waals surface area contributed by atoms with Gasteiger partial charge in [0.25, 0.3) is 0 Å². The third-order valence-electron chi connectivity index (χ3n) is 3.15. The van der Waals surface area contributed by atoms with Gasteiger partial charge >= 0.3 is 5.69 Å². The third-order valence-corrected chi connectivity index (χ3v) is 3.15. The van der Waals surface area contributed by atoms with E-state index in [1.165, 1.54) is 16.7 Å². The molecule has 0 bridgehead atoms. The van der Waals surface area contributed by atoms with E-state index < -0.39 is 5.82 Å². The second-order valence-corrected chi connectivity index (χ2v) is 4.70. The maximum Gasteiger partial charge on any atom is 0.326 e. The summed E-state index contributed by atoms with van der Waals surface area (Å²) in [5.74, 6) is -0.399. The largest absolute Gasteiger partial charge is 0.354 e. The highest BCUT2D eigenvalue weighted by atomic mass is 19.1. The van der Waals surface area contributed by atoms with Crippen molar-refractivity contribution in [1.82, 2.24) is 14.9 Å². The Balaban J connectivity index is 2.01. The van der Waals surface area contributed by atoms with E-state index in [0.717, 1.165) is 12.8 Å². The van der Waals surface area contributed by atoms with Crippen molar-refractivity contribution >= 4 is 16.9 Å². The lowest BCUT2D eigenvalue weighted by Crippen LogP contribution is -2.29. The van der Waals surface area contributed by atoms with E-state index in [-0.39, 0.29) is 11.6 Å². The third kappa shape index (κ3) is 3.26. The molecule has 6 heteroatoms. The molecule has 2 N–H and O–H groups in total. The van der Waals surface area contributed by atoms with Gasteiger partial charge in [-0.3, -0.25) is 9.36 Å². The summed E-state index contributed by atoms with van der Waals surface area (Å²) >= 11 is 0. The number of aromatic amines is 1. The van der Waals surface area contributed by atoms with Gasteiger partial charge in [-0.25, -0.2) is 9.18 Å². The fourth-order valence-corrected chi connectivity index (χ4v) is 2.09. The van der Waals surface area contributed by atoms with Gasteiger partial charge < -0.3 is 10.3 Å². The number of amides is 1. The molecule has 0 aliphatic heterocycles. The Bertz CT molecular complexity index is 660. The van der Waals surface area contributed by atoms with Crippen molar-refractivity contribution in [3.8, 4) is 0 Å². The molecule has 0 saturated carbocycles. The lowest BCUT2D eigenvalue weighted by atomic mass is 10.2. The zero-order chi connectivity index (χ0) is 14.5. The van der Waals surface area contributed by atoms with Crippen LogP contribution in [0.1, 0.15) is 26.2 Å². The van der Waals surface area contributed by atoms with Gasteiger partial charge in [0.15, 0.2) is 0 Å². The molecule has 2 rings (SSSR count). The summed E-state index contributed by atoms with van der Waals surface area (Å²) in [5, 5.41) is 2.77. The monoisotopic (exact) mass is 279 g/mol. The van der Waals surface area contributed by atoms with Crippen molar-refractivity contribution in [3.05, 3.63) is 34.5 Å². The van der Waals surface area contributed by atoms with Crippen molar-refractivity contribution in [2.75, 3.05) is 6.54 Å². The number of benzene rings is 1. The highest BCUT2D eigenvalue weighted by Gasteiger charge is 2.07. The van der Waals surface area contributed by atoms with Gasteiger partial charge in [-0.1, -0.05) is 13.3 Å². The van der Waals surface area contributed by atoms with E-state index in [1.807, 2.05) is 6.92 Å². The number of H-pyrrole nitrogens is 1. The van der Waals surface area contributed by atoms with Gasteiger partial charge in [0, 0.05) is 19.5 Å². The zero-order valence-electron chi connectivity index (χ0n) is 11.4. The first-order chi connectivity index (χ1) is 9.61. The van der Waals surface area contributed by atoms with Crippen LogP contribution in [-0.4, -0.2) is 22.0 Å². The highest BCUT2D eigenvalue weighted by Crippen LogP contribution is 2.11. The maximum atomic E-state index is 13.1. The van der Waals surface area contributed by atoms with Crippen LogP contribution in [0.2, 0.25) is 0 Å². The summed E-state index contributed by atoms with van der Waals surface area (Å²) in [6.45, 7) is 2.77. The highest BCUT2D eigenvalue weighted by molar-refractivity contribution is 5.76. The number of imidazole rings is 1. The molecule has 5 nitrogen and oxygen atoms in total. The van der Waals surface area contributed by atoms with Gasteiger partial charge in [-0.15, -0.1) is 0 Å². The molecule has 1 aromatic heterocycles. The normalized spacial score (nSPS) is 10.9. The molecule has 108 valence electrons. The van der Waals surface area contributed by atoms with Crippen LogP contribution in [0, 0.1) is 5.82 Å².